The highest BCUT2D eigenvalue weighted by molar-refractivity contribution is 6.07. The summed E-state index contributed by atoms with van der Waals surface area (Å²) in [6.45, 7) is 9.06. The summed E-state index contributed by atoms with van der Waals surface area (Å²) >= 11 is 0. The molecule has 154 valence electrons. The second-order valence-electron chi connectivity index (χ2n) is 8.38. The Morgan fingerprint density at radius 3 is 2.38 bits per heavy atom. The van der Waals surface area contributed by atoms with Crippen LogP contribution in [-0.2, 0) is 11.3 Å². The number of carbonyl (C=O) groups is 2. The first-order valence-corrected chi connectivity index (χ1v) is 10.9. The number of amides is 3. The van der Waals surface area contributed by atoms with Gasteiger partial charge in [-0.2, -0.15) is 0 Å². The number of carbonyl (C=O) groups excluding carboxylic acids is 2. The van der Waals surface area contributed by atoms with Gasteiger partial charge in [-0.05, 0) is 49.4 Å². The highest BCUT2D eigenvalue weighted by Crippen LogP contribution is 2.38. The lowest BCUT2D eigenvalue weighted by molar-refractivity contribution is -0.136. The van der Waals surface area contributed by atoms with Crippen molar-refractivity contribution < 1.29 is 9.59 Å². The zero-order valence-electron chi connectivity index (χ0n) is 17.7. The van der Waals surface area contributed by atoms with Gasteiger partial charge in [-0.1, -0.05) is 49.4 Å². The van der Waals surface area contributed by atoms with Gasteiger partial charge in [0.1, 0.15) is 5.54 Å². The molecule has 2 saturated heterocycles. The minimum atomic E-state index is -0.666. The maximum atomic E-state index is 13.6. The largest absolute Gasteiger partial charge is 0.327 e. The third-order valence-corrected chi connectivity index (χ3v) is 6.99. The van der Waals surface area contributed by atoms with Crippen molar-refractivity contribution in [2.24, 2.45) is 0 Å². The van der Waals surface area contributed by atoms with Crippen molar-refractivity contribution in [2.75, 3.05) is 19.6 Å². The van der Waals surface area contributed by atoms with Crippen molar-refractivity contribution in [1.29, 1.82) is 0 Å². The van der Waals surface area contributed by atoms with Crippen molar-refractivity contribution in [2.45, 2.75) is 58.2 Å². The quantitative estimate of drug-likeness (QED) is 0.713. The maximum absolute atomic E-state index is 13.6. The molecule has 0 N–H and O–H groups in total. The Morgan fingerprint density at radius 2 is 1.69 bits per heavy atom. The van der Waals surface area contributed by atoms with E-state index < -0.39 is 5.54 Å². The van der Waals surface area contributed by atoms with Crippen LogP contribution in [0, 0.1) is 0 Å². The molecule has 1 atom stereocenters. The number of nitrogens with zero attached hydrogens (tertiary/aromatic N) is 3. The molecule has 29 heavy (non-hydrogen) atoms. The summed E-state index contributed by atoms with van der Waals surface area (Å²) < 4.78 is 0. The van der Waals surface area contributed by atoms with Crippen LogP contribution in [0.1, 0.15) is 45.6 Å². The number of urea groups is 1. The Morgan fingerprint density at radius 1 is 1.00 bits per heavy atom. The molecule has 1 spiro atoms. The van der Waals surface area contributed by atoms with Crippen LogP contribution in [0.2, 0.25) is 0 Å². The lowest BCUT2D eigenvalue weighted by atomic mass is 9.85. The van der Waals surface area contributed by atoms with E-state index in [-0.39, 0.29) is 11.9 Å². The molecule has 2 fully saturated rings. The molecular weight excluding hydrogens is 362 g/mol. The number of hydrogen-bond donors (Lipinski definition) is 0. The predicted octanol–water partition coefficient (Wildman–Crippen LogP) is 4.26. The third-order valence-electron chi connectivity index (χ3n) is 6.99. The SMILES string of the molecule is CC[C@@H](C)N1CCC2(CC1)C(=O)N(Cc1cccc3ccccc13)C(=O)N2CC. The van der Waals surface area contributed by atoms with Crippen molar-refractivity contribution in [3.63, 3.8) is 0 Å². The summed E-state index contributed by atoms with van der Waals surface area (Å²) in [7, 11) is 0. The first-order valence-electron chi connectivity index (χ1n) is 10.9. The molecule has 0 bridgehead atoms. The van der Waals surface area contributed by atoms with Gasteiger partial charge in [-0.3, -0.25) is 9.69 Å². The molecule has 3 amide bonds. The van der Waals surface area contributed by atoms with Gasteiger partial charge >= 0.3 is 6.03 Å². The van der Waals surface area contributed by atoms with Crippen molar-refractivity contribution in [1.82, 2.24) is 14.7 Å². The molecule has 4 rings (SSSR count). The fourth-order valence-electron chi connectivity index (χ4n) is 5.04. The number of piperidine rings is 1. The van der Waals surface area contributed by atoms with Crippen LogP contribution in [0.15, 0.2) is 42.5 Å². The Labute approximate surface area is 173 Å². The molecule has 2 aromatic rings. The Balaban J connectivity index is 1.61. The van der Waals surface area contributed by atoms with Crippen LogP contribution in [0.5, 0.6) is 0 Å². The normalized spacial score (nSPS) is 20.8. The Hall–Kier alpha value is -2.40. The molecule has 5 nitrogen and oxygen atoms in total. The summed E-state index contributed by atoms with van der Waals surface area (Å²) in [6, 6.07) is 14.6. The summed E-state index contributed by atoms with van der Waals surface area (Å²) in [4.78, 5) is 32.6. The number of hydrogen-bond acceptors (Lipinski definition) is 3. The van der Waals surface area contributed by atoms with Crippen LogP contribution in [-0.4, -0.2) is 57.9 Å². The van der Waals surface area contributed by atoms with E-state index in [0.717, 1.165) is 48.7 Å². The second-order valence-corrected chi connectivity index (χ2v) is 8.38. The summed E-state index contributed by atoms with van der Waals surface area (Å²) in [5.41, 5.74) is 0.357. The lowest BCUT2D eigenvalue weighted by Crippen LogP contribution is -2.57. The van der Waals surface area contributed by atoms with Crippen LogP contribution < -0.4 is 0 Å². The van der Waals surface area contributed by atoms with Gasteiger partial charge in [-0.25, -0.2) is 4.79 Å². The van der Waals surface area contributed by atoms with Gasteiger partial charge < -0.3 is 9.80 Å². The van der Waals surface area contributed by atoms with E-state index in [2.05, 4.69) is 36.9 Å². The number of rotatable bonds is 5. The zero-order valence-corrected chi connectivity index (χ0v) is 17.7. The number of likely N-dealkylation sites (N-methyl/N-ethyl adjacent to an activating group) is 1. The smallest absolute Gasteiger partial charge is 0.310 e. The molecule has 0 aromatic heterocycles. The fourth-order valence-corrected chi connectivity index (χ4v) is 5.04. The number of imide groups is 1. The third kappa shape index (κ3) is 3.21. The molecule has 2 aliphatic rings. The molecule has 0 aliphatic carbocycles. The van der Waals surface area contributed by atoms with E-state index >= 15 is 0 Å². The average Bonchev–Trinajstić information content (AvgIpc) is 2.94. The van der Waals surface area contributed by atoms with Crippen molar-refractivity contribution in [3.8, 4) is 0 Å². The standard InChI is InChI=1S/C24H31N3O2/c1-4-18(3)25-15-13-24(14-16-25)22(28)26(23(29)27(24)5-2)17-20-11-8-10-19-9-6-7-12-21(19)20/h6-12,18H,4-5,13-17H2,1-3H3/t18-/m1/s1. The lowest BCUT2D eigenvalue weighted by Gasteiger charge is -2.43. The highest BCUT2D eigenvalue weighted by atomic mass is 16.2. The van der Waals surface area contributed by atoms with Gasteiger partial charge in [0.25, 0.3) is 5.91 Å². The Kier molecular flexibility index (Phi) is 5.34. The highest BCUT2D eigenvalue weighted by Gasteiger charge is 2.57. The van der Waals surface area contributed by atoms with Crippen molar-refractivity contribution in [3.05, 3.63) is 48.0 Å². The Bertz CT molecular complexity index is 912. The molecule has 2 heterocycles. The van der Waals surface area contributed by atoms with Gasteiger partial charge in [0.05, 0.1) is 6.54 Å². The number of benzene rings is 2. The zero-order chi connectivity index (χ0) is 20.6. The summed E-state index contributed by atoms with van der Waals surface area (Å²) in [5.74, 6) is -0.0129. The van der Waals surface area contributed by atoms with Gasteiger partial charge in [0.15, 0.2) is 0 Å². The van der Waals surface area contributed by atoms with Crippen LogP contribution in [0.4, 0.5) is 4.79 Å². The molecule has 5 heteroatoms. The van der Waals surface area contributed by atoms with Gasteiger partial charge in [0, 0.05) is 25.7 Å². The molecule has 0 unspecified atom stereocenters. The van der Waals surface area contributed by atoms with Crippen molar-refractivity contribution >= 4 is 22.7 Å². The van der Waals surface area contributed by atoms with Gasteiger partial charge in [-0.15, -0.1) is 0 Å². The van der Waals surface area contributed by atoms with E-state index in [1.807, 2.05) is 36.1 Å². The summed E-state index contributed by atoms with van der Waals surface area (Å²) in [6.07, 6.45) is 2.55. The molecule has 0 saturated carbocycles. The van der Waals surface area contributed by atoms with Crippen LogP contribution >= 0.6 is 0 Å². The van der Waals surface area contributed by atoms with E-state index in [1.54, 1.807) is 0 Å². The predicted molar refractivity (Wildman–Crippen MR) is 116 cm³/mol. The van der Waals surface area contributed by atoms with E-state index in [9.17, 15) is 9.59 Å². The monoisotopic (exact) mass is 393 g/mol. The number of fused-ring (bicyclic) bond motifs is 1. The first-order chi connectivity index (χ1) is 14.0. The maximum Gasteiger partial charge on any atom is 0.327 e. The topological polar surface area (TPSA) is 43.9 Å². The van der Waals surface area contributed by atoms with E-state index in [1.165, 1.54) is 4.90 Å². The molecule has 2 aromatic carbocycles. The molecular formula is C24H31N3O2. The number of likely N-dealkylation sites (tertiary alicyclic amines) is 1. The molecule has 2 aliphatic heterocycles. The summed E-state index contributed by atoms with van der Waals surface area (Å²) in [5, 5.41) is 2.24. The van der Waals surface area contributed by atoms with Gasteiger partial charge in [0.2, 0.25) is 0 Å². The molecule has 0 radical (unpaired) electrons. The first kappa shape index (κ1) is 19.9. The van der Waals surface area contributed by atoms with E-state index in [4.69, 9.17) is 0 Å². The fraction of sp³-hybridized carbons (Fsp3) is 0.500. The van der Waals surface area contributed by atoms with Crippen LogP contribution in [0.3, 0.4) is 0 Å². The minimum Gasteiger partial charge on any atom is -0.310 e. The second kappa shape index (κ2) is 7.79. The minimum absolute atomic E-state index is 0.0129. The average molecular weight is 394 g/mol. The van der Waals surface area contributed by atoms with Crippen LogP contribution in [0.25, 0.3) is 10.8 Å². The van der Waals surface area contributed by atoms with E-state index in [0.29, 0.717) is 19.1 Å².